The van der Waals surface area contributed by atoms with Crippen molar-refractivity contribution < 1.29 is 0 Å². The Morgan fingerprint density at radius 2 is 2.06 bits per heavy atom. The van der Waals surface area contributed by atoms with Gasteiger partial charge in [-0.1, -0.05) is 26.7 Å². The van der Waals surface area contributed by atoms with Crippen molar-refractivity contribution in [1.29, 1.82) is 0 Å². The lowest BCUT2D eigenvalue weighted by atomic mass is 9.93. The third-order valence-corrected chi connectivity index (χ3v) is 5.17. The van der Waals surface area contributed by atoms with E-state index in [2.05, 4.69) is 24.1 Å². The molecule has 0 saturated carbocycles. The third kappa shape index (κ3) is 3.71. The van der Waals surface area contributed by atoms with Gasteiger partial charge in [0.25, 0.3) is 0 Å². The number of hydrogen-bond donors (Lipinski definition) is 1. The largest absolute Gasteiger partial charge is 0.310 e. The minimum absolute atomic E-state index is 0.449. The van der Waals surface area contributed by atoms with Crippen LogP contribution in [0.4, 0.5) is 0 Å². The predicted molar refractivity (Wildman–Crippen MR) is 78.9 cm³/mol. The smallest absolute Gasteiger partial charge is 0.0306 e. The monoisotopic (exact) mass is 252 g/mol. The van der Waals surface area contributed by atoms with E-state index in [4.69, 9.17) is 0 Å². The molecule has 0 radical (unpaired) electrons. The molecule has 2 heterocycles. The van der Waals surface area contributed by atoms with Crippen molar-refractivity contribution in [2.24, 2.45) is 5.92 Å². The number of hydrogen-bond acceptors (Lipinski definition) is 2. The molecule has 2 aliphatic rings. The minimum atomic E-state index is 0.449. The average molecular weight is 252 g/mol. The number of likely N-dealkylation sites (tertiary alicyclic amines) is 1. The van der Waals surface area contributed by atoms with Gasteiger partial charge < -0.3 is 10.2 Å². The molecule has 0 bridgehead atoms. The summed E-state index contributed by atoms with van der Waals surface area (Å²) < 4.78 is 0. The second-order valence-corrected chi connectivity index (χ2v) is 6.53. The van der Waals surface area contributed by atoms with Gasteiger partial charge in [0.05, 0.1) is 0 Å². The molecule has 0 aliphatic carbocycles. The summed E-state index contributed by atoms with van der Waals surface area (Å²) >= 11 is 0. The van der Waals surface area contributed by atoms with Gasteiger partial charge in [-0.25, -0.2) is 0 Å². The highest BCUT2D eigenvalue weighted by Crippen LogP contribution is 2.27. The van der Waals surface area contributed by atoms with Crippen molar-refractivity contribution in [1.82, 2.24) is 10.2 Å². The fraction of sp³-hybridized carbons (Fsp3) is 1.00. The van der Waals surface area contributed by atoms with Crippen LogP contribution >= 0.6 is 0 Å². The molecule has 2 unspecified atom stereocenters. The Morgan fingerprint density at radius 1 is 1.17 bits per heavy atom. The van der Waals surface area contributed by atoms with Gasteiger partial charge in [0.2, 0.25) is 0 Å². The summed E-state index contributed by atoms with van der Waals surface area (Å²) in [5, 5.41) is 3.78. The minimum Gasteiger partial charge on any atom is -0.310 e. The molecule has 2 saturated heterocycles. The van der Waals surface area contributed by atoms with Crippen molar-refractivity contribution in [3.05, 3.63) is 0 Å². The Bertz CT molecular complexity index is 233. The van der Waals surface area contributed by atoms with Gasteiger partial charge in [0.1, 0.15) is 0 Å². The zero-order valence-corrected chi connectivity index (χ0v) is 12.5. The molecule has 106 valence electrons. The lowest BCUT2D eigenvalue weighted by Gasteiger charge is -2.34. The molecule has 0 spiro atoms. The fourth-order valence-electron chi connectivity index (χ4n) is 3.93. The third-order valence-electron chi connectivity index (χ3n) is 5.17. The first-order chi connectivity index (χ1) is 8.78. The quantitative estimate of drug-likeness (QED) is 0.806. The number of nitrogens with one attached hydrogen (secondary N) is 1. The van der Waals surface area contributed by atoms with Crippen LogP contribution in [-0.2, 0) is 0 Å². The Labute approximate surface area is 114 Å². The number of nitrogens with zero attached hydrogens (tertiary/aromatic N) is 1. The summed E-state index contributed by atoms with van der Waals surface area (Å²) in [6.45, 7) is 9.90. The van der Waals surface area contributed by atoms with Crippen LogP contribution in [0.5, 0.6) is 0 Å². The molecule has 0 aromatic rings. The molecule has 2 atom stereocenters. The second-order valence-electron chi connectivity index (χ2n) is 6.53. The van der Waals surface area contributed by atoms with Crippen LogP contribution < -0.4 is 5.32 Å². The van der Waals surface area contributed by atoms with Gasteiger partial charge in [-0.2, -0.15) is 0 Å². The summed E-state index contributed by atoms with van der Waals surface area (Å²) in [6, 6.07) is 0. The maximum absolute atomic E-state index is 3.78. The molecular weight excluding hydrogens is 220 g/mol. The maximum Gasteiger partial charge on any atom is 0.0306 e. The summed E-state index contributed by atoms with van der Waals surface area (Å²) in [5.74, 6) is 1.01. The maximum atomic E-state index is 3.78. The Morgan fingerprint density at radius 3 is 2.72 bits per heavy atom. The molecule has 2 aliphatic heterocycles. The van der Waals surface area contributed by atoms with Crippen LogP contribution in [0, 0.1) is 5.92 Å². The van der Waals surface area contributed by atoms with E-state index in [0.717, 1.165) is 5.92 Å². The van der Waals surface area contributed by atoms with Crippen LogP contribution in [0.1, 0.15) is 65.2 Å². The Balaban J connectivity index is 1.82. The highest BCUT2D eigenvalue weighted by Gasteiger charge is 2.33. The standard InChI is InChI=1S/C16H32N2/c1-3-7-15-8-5-12-18(13-9-15)14-16(4-2)10-6-11-17-16/h15,17H,3-14H2,1-2H3. The van der Waals surface area contributed by atoms with Crippen LogP contribution in [0.15, 0.2) is 0 Å². The highest BCUT2D eigenvalue weighted by molar-refractivity contribution is 4.94. The van der Waals surface area contributed by atoms with E-state index < -0.39 is 0 Å². The first-order valence-corrected chi connectivity index (χ1v) is 8.25. The van der Waals surface area contributed by atoms with Crippen LogP contribution in [-0.4, -0.2) is 36.6 Å². The summed E-state index contributed by atoms with van der Waals surface area (Å²) in [4.78, 5) is 2.75. The molecule has 2 rings (SSSR count). The van der Waals surface area contributed by atoms with Crippen LogP contribution in [0.25, 0.3) is 0 Å². The zero-order chi connectivity index (χ0) is 12.8. The van der Waals surface area contributed by atoms with Crippen molar-refractivity contribution in [3.8, 4) is 0 Å². The summed E-state index contributed by atoms with van der Waals surface area (Å²) in [6.07, 6.45) is 11.2. The first kappa shape index (κ1) is 14.3. The van der Waals surface area contributed by atoms with Gasteiger partial charge in [0.15, 0.2) is 0 Å². The van der Waals surface area contributed by atoms with Crippen LogP contribution in [0.2, 0.25) is 0 Å². The van der Waals surface area contributed by atoms with Crippen molar-refractivity contribution >= 4 is 0 Å². The van der Waals surface area contributed by atoms with E-state index in [0.29, 0.717) is 5.54 Å². The molecule has 2 fully saturated rings. The van der Waals surface area contributed by atoms with Crippen LogP contribution in [0.3, 0.4) is 0 Å². The van der Waals surface area contributed by atoms with E-state index in [-0.39, 0.29) is 0 Å². The molecular formula is C16H32N2. The molecule has 18 heavy (non-hydrogen) atoms. The van der Waals surface area contributed by atoms with Crippen molar-refractivity contribution in [2.75, 3.05) is 26.2 Å². The fourth-order valence-corrected chi connectivity index (χ4v) is 3.93. The van der Waals surface area contributed by atoms with Crippen molar-refractivity contribution in [3.63, 3.8) is 0 Å². The van der Waals surface area contributed by atoms with E-state index >= 15 is 0 Å². The van der Waals surface area contributed by atoms with Gasteiger partial charge >= 0.3 is 0 Å². The van der Waals surface area contributed by atoms with E-state index in [1.165, 1.54) is 77.5 Å². The van der Waals surface area contributed by atoms with E-state index in [1.807, 2.05) is 0 Å². The molecule has 0 aromatic carbocycles. The van der Waals surface area contributed by atoms with Crippen molar-refractivity contribution in [2.45, 2.75) is 70.8 Å². The molecule has 0 amide bonds. The van der Waals surface area contributed by atoms with Gasteiger partial charge in [0, 0.05) is 12.1 Å². The lowest BCUT2D eigenvalue weighted by Crippen LogP contribution is -2.49. The first-order valence-electron chi connectivity index (χ1n) is 8.25. The summed E-state index contributed by atoms with van der Waals surface area (Å²) in [5.41, 5.74) is 0.449. The van der Waals surface area contributed by atoms with Gasteiger partial charge in [-0.05, 0) is 64.1 Å². The topological polar surface area (TPSA) is 15.3 Å². The van der Waals surface area contributed by atoms with Gasteiger partial charge in [-0.3, -0.25) is 0 Å². The molecule has 2 nitrogen and oxygen atoms in total. The Hall–Kier alpha value is -0.0800. The highest BCUT2D eigenvalue weighted by atomic mass is 15.2. The lowest BCUT2D eigenvalue weighted by molar-refractivity contribution is 0.191. The molecule has 2 heteroatoms. The second kappa shape index (κ2) is 6.91. The zero-order valence-electron chi connectivity index (χ0n) is 12.5. The normalized spacial score (nSPS) is 34.7. The van der Waals surface area contributed by atoms with E-state index in [1.54, 1.807) is 0 Å². The average Bonchev–Trinajstić information content (AvgIpc) is 2.74. The molecule has 1 N–H and O–H groups in total. The van der Waals surface area contributed by atoms with E-state index in [9.17, 15) is 0 Å². The Kier molecular flexibility index (Phi) is 5.50. The predicted octanol–water partition coefficient (Wildman–Crippen LogP) is 3.42. The molecule has 0 aromatic heterocycles. The van der Waals surface area contributed by atoms with Gasteiger partial charge in [-0.15, -0.1) is 0 Å². The SMILES string of the molecule is CCCC1CCCN(CC2(CC)CCCN2)CC1. The summed E-state index contributed by atoms with van der Waals surface area (Å²) in [7, 11) is 0. The number of rotatable bonds is 5.